The van der Waals surface area contributed by atoms with Gasteiger partial charge in [0.1, 0.15) is 5.82 Å². The second kappa shape index (κ2) is 3.81. The number of rotatable bonds is 3. The molecular formula is C8H14N2S. The number of hydrogen-bond donors (Lipinski definition) is 0. The van der Waals surface area contributed by atoms with E-state index in [0.29, 0.717) is 0 Å². The lowest BCUT2D eigenvalue weighted by Crippen LogP contribution is -1.86. The molecule has 0 bridgehead atoms. The topological polar surface area (TPSA) is 17.8 Å². The minimum absolute atomic E-state index is 1.04. The van der Waals surface area contributed by atoms with E-state index in [4.69, 9.17) is 0 Å². The second-order valence-corrected chi connectivity index (χ2v) is 3.80. The van der Waals surface area contributed by atoms with Gasteiger partial charge in [-0.25, -0.2) is 4.98 Å². The van der Waals surface area contributed by atoms with E-state index in [1.54, 1.807) is 0 Å². The van der Waals surface area contributed by atoms with Crippen LogP contribution < -0.4 is 0 Å². The van der Waals surface area contributed by atoms with Crippen LogP contribution in [0.5, 0.6) is 0 Å². The Kier molecular flexibility index (Phi) is 3.00. The van der Waals surface area contributed by atoms with Gasteiger partial charge in [-0.2, -0.15) is 11.8 Å². The molecule has 1 aromatic rings. The van der Waals surface area contributed by atoms with Gasteiger partial charge >= 0.3 is 0 Å². The SMILES string of the molecule is CCSCc1cn(C)c(C)n1. The first kappa shape index (κ1) is 8.65. The van der Waals surface area contributed by atoms with Crippen LogP contribution in [-0.4, -0.2) is 15.3 Å². The van der Waals surface area contributed by atoms with Crippen molar-refractivity contribution in [3.8, 4) is 0 Å². The number of thioether (sulfide) groups is 1. The maximum absolute atomic E-state index is 4.39. The molecule has 0 fully saturated rings. The van der Waals surface area contributed by atoms with Gasteiger partial charge in [-0.1, -0.05) is 6.92 Å². The average molecular weight is 170 g/mol. The molecule has 1 heterocycles. The number of nitrogens with zero attached hydrogens (tertiary/aromatic N) is 2. The summed E-state index contributed by atoms with van der Waals surface area (Å²) in [5, 5.41) is 0. The predicted molar refractivity (Wildman–Crippen MR) is 49.8 cm³/mol. The van der Waals surface area contributed by atoms with Gasteiger partial charge in [-0.15, -0.1) is 0 Å². The highest BCUT2D eigenvalue weighted by molar-refractivity contribution is 7.98. The smallest absolute Gasteiger partial charge is 0.105 e. The highest BCUT2D eigenvalue weighted by atomic mass is 32.2. The van der Waals surface area contributed by atoms with Crippen molar-refractivity contribution in [2.45, 2.75) is 19.6 Å². The van der Waals surface area contributed by atoms with Crippen LogP contribution >= 0.6 is 11.8 Å². The van der Waals surface area contributed by atoms with Gasteiger partial charge in [-0.05, 0) is 12.7 Å². The fraction of sp³-hybridized carbons (Fsp3) is 0.625. The Morgan fingerprint density at radius 2 is 2.36 bits per heavy atom. The average Bonchev–Trinajstić information content (AvgIpc) is 2.28. The van der Waals surface area contributed by atoms with E-state index in [1.807, 2.05) is 25.7 Å². The van der Waals surface area contributed by atoms with Crippen molar-refractivity contribution < 1.29 is 0 Å². The zero-order chi connectivity index (χ0) is 8.27. The lowest BCUT2D eigenvalue weighted by molar-refractivity contribution is 0.858. The highest BCUT2D eigenvalue weighted by Gasteiger charge is 1.98. The van der Waals surface area contributed by atoms with Crippen LogP contribution in [0.4, 0.5) is 0 Å². The molecule has 11 heavy (non-hydrogen) atoms. The third kappa shape index (κ3) is 2.26. The lowest BCUT2D eigenvalue weighted by atomic mass is 10.6. The molecule has 3 heteroatoms. The zero-order valence-corrected chi connectivity index (χ0v) is 8.11. The lowest BCUT2D eigenvalue weighted by Gasteiger charge is -1.90. The van der Waals surface area contributed by atoms with E-state index in [-0.39, 0.29) is 0 Å². The minimum Gasteiger partial charge on any atom is -0.338 e. The maximum atomic E-state index is 4.39. The third-order valence-corrected chi connectivity index (χ3v) is 2.52. The first-order valence-electron chi connectivity index (χ1n) is 3.80. The van der Waals surface area contributed by atoms with E-state index in [1.165, 1.54) is 5.69 Å². The van der Waals surface area contributed by atoms with Crippen molar-refractivity contribution >= 4 is 11.8 Å². The molecule has 0 spiro atoms. The first-order valence-corrected chi connectivity index (χ1v) is 4.96. The van der Waals surface area contributed by atoms with Gasteiger partial charge in [-0.3, -0.25) is 0 Å². The van der Waals surface area contributed by atoms with Gasteiger partial charge < -0.3 is 4.57 Å². The molecule has 0 aliphatic heterocycles. The van der Waals surface area contributed by atoms with Crippen LogP contribution in [0.3, 0.4) is 0 Å². The Hall–Kier alpha value is -0.440. The Balaban J connectivity index is 2.58. The molecule has 0 N–H and O–H groups in total. The zero-order valence-electron chi connectivity index (χ0n) is 7.29. The molecule has 62 valence electrons. The molecule has 0 aliphatic rings. The van der Waals surface area contributed by atoms with Gasteiger partial charge in [0, 0.05) is 19.0 Å². The predicted octanol–water partition coefficient (Wildman–Crippen LogP) is 1.98. The quantitative estimate of drug-likeness (QED) is 0.690. The fourth-order valence-corrected chi connectivity index (χ4v) is 1.46. The third-order valence-electron chi connectivity index (χ3n) is 1.61. The summed E-state index contributed by atoms with van der Waals surface area (Å²) >= 11 is 1.91. The molecule has 0 unspecified atom stereocenters. The van der Waals surface area contributed by atoms with E-state index in [2.05, 4.69) is 22.7 Å². The summed E-state index contributed by atoms with van der Waals surface area (Å²) in [7, 11) is 2.03. The fourth-order valence-electron chi connectivity index (χ4n) is 0.909. The summed E-state index contributed by atoms with van der Waals surface area (Å²) in [6, 6.07) is 0. The van der Waals surface area contributed by atoms with E-state index >= 15 is 0 Å². The monoisotopic (exact) mass is 170 g/mol. The van der Waals surface area contributed by atoms with Crippen LogP contribution in [0.2, 0.25) is 0 Å². The van der Waals surface area contributed by atoms with Gasteiger partial charge in [0.05, 0.1) is 5.69 Å². The molecule has 0 radical (unpaired) electrons. The Morgan fingerprint density at radius 3 is 2.82 bits per heavy atom. The largest absolute Gasteiger partial charge is 0.338 e. The van der Waals surface area contributed by atoms with Crippen molar-refractivity contribution in [1.29, 1.82) is 0 Å². The molecule has 0 saturated heterocycles. The van der Waals surface area contributed by atoms with Crippen LogP contribution in [0.1, 0.15) is 18.4 Å². The summed E-state index contributed by atoms with van der Waals surface area (Å²) in [6.07, 6.45) is 2.10. The second-order valence-electron chi connectivity index (χ2n) is 2.53. The molecule has 1 aromatic heterocycles. The normalized spacial score (nSPS) is 10.5. The van der Waals surface area contributed by atoms with Crippen molar-refractivity contribution in [2.75, 3.05) is 5.75 Å². The Labute approximate surface area is 72.0 Å². The maximum Gasteiger partial charge on any atom is 0.105 e. The molecule has 0 saturated carbocycles. The van der Waals surface area contributed by atoms with E-state index in [9.17, 15) is 0 Å². The molecular weight excluding hydrogens is 156 g/mol. The number of aromatic nitrogens is 2. The molecule has 1 rings (SSSR count). The van der Waals surface area contributed by atoms with E-state index < -0.39 is 0 Å². The molecule has 0 aromatic carbocycles. The van der Waals surface area contributed by atoms with Crippen LogP contribution in [-0.2, 0) is 12.8 Å². The van der Waals surface area contributed by atoms with Crippen LogP contribution in [0.25, 0.3) is 0 Å². The van der Waals surface area contributed by atoms with Crippen LogP contribution in [0, 0.1) is 6.92 Å². The first-order chi connectivity index (χ1) is 5.24. The Morgan fingerprint density at radius 1 is 1.64 bits per heavy atom. The summed E-state index contributed by atoms with van der Waals surface area (Å²) in [4.78, 5) is 4.39. The summed E-state index contributed by atoms with van der Waals surface area (Å²) in [5.74, 6) is 3.30. The van der Waals surface area contributed by atoms with Gasteiger partial charge in [0.2, 0.25) is 0 Å². The standard InChI is InChI=1S/C8H14N2S/c1-4-11-6-8-5-10(3)7(2)9-8/h5H,4,6H2,1-3H3. The number of imidazole rings is 1. The van der Waals surface area contributed by atoms with Crippen molar-refractivity contribution in [3.05, 3.63) is 17.7 Å². The van der Waals surface area contributed by atoms with Crippen molar-refractivity contribution in [3.63, 3.8) is 0 Å². The van der Waals surface area contributed by atoms with Crippen molar-refractivity contribution in [1.82, 2.24) is 9.55 Å². The summed E-state index contributed by atoms with van der Waals surface area (Å²) in [6.45, 7) is 4.20. The molecule has 0 atom stereocenters. The number of hydrogen-bond acceptors (Lipinski definition) is 2. The van der Waals surface area contributed by atoms with Gasteiger partial charge in [0.15, 0.2) is 0 Å². The summed E-state index contributed by atoms with van der Waals surface area (Å²) < 4.78 is 2.06. The molecule has 0 amide bonds. The van der Waals surface area contributed by atoms with Gasteiger partial charge in [0.25, 0.3) is 0 Å². The summed E-state index contributed by atoms with van der Waals surface area (Å²) in [5.41, 5.74) is 1.19. The molecule has 2 nitrogen and oxygen atoms in total. The Bertz CT molecular complexity index is 210. The van der Waals surface area contributed by atoms with Crippen LogP contribution in [0.15, 0.2) is 6.20 Å². The minimum atomic E-state index is 1.04. The molecule has 0 aliphatic carbocycles. The highest BCUT2D eigenvalue weighted by Crippen LogP contribution is 2.10. The van der Waals surface area contributed by atoms with E-state index in [0.717, 1.165) is 17.3 Å². The number of aryl methyl sites for hydroxylation is 2. The van der Waals surface area contributed by atoms with Crippen molar-refractivity contribution in [2.24, 2.45) is 7.05 Å².